The number of carbonyl (C=O) groups excluding carboxylic acids is 1. The van der Waals surface area contributed by atoms with Gasteiger partial charge in [-0.25, -0.2) is 4.98 Å². The first kappa shape index (κ1) is 13.7. The molecule has 19 heavy (non-hydrogen) atoms. The molecule has 2 aromatic rings. The van der Waals surface area contributed by atoms with Crippen LogP contribution < -0.4 is 5.32 Å². The molecule has 0 unspecified atom stereocenters. The molecule has 6 nitrogen and oxygen atoms in total. The van der Waals surface area contributed by atoms with Gasteiger partial charge in [-0.3, -0.25) is 4.79 Å². The number of nitrogens with zero attached hydrogens (tertiary/aromatic N) is 3. The number of amides is 1. The maximum atomic E-state index is 11.8. The van der Waals surface area contributed by atoms with E-state index in [-0.39, 0.29) is 17.4 Å². The third-order valence-electron chi connectivity index (χ3n) is 2.50. The minimum Gasteiger partial charge on any atom is -0.339 e. The maximum Gasteiger partial charge on any atom is 0.271 e. The van der Waals surface area contributed by atoms with Gasteiger partial charge < -0.3 is 9.84 Å². The number of hydrogen-bond acceptors (Lipinski definition) is 6. The van der Waals surface area contributed by atoms with E-state index in [2.05, 4.69) is 20.4 Å². The number of hydrogen-bond donors (Lipinski definition) is 1. The molecule has 7 heteroatoms. The molecule has 102 valence electrons. The van der Waals surface area contributed by atoms with Gasteiger partial charge in [-0.15, -0.1) is 11.3 Å². The van der Waals surface area contributed by atoms with Crippen molar-refractivity contribution in [3.05, 3.63) is 28.3 Å². The molecule has 0 fully saturated rings. The van der Waals surface area contributed by atoms with E-state index in [1.165, 1.54) is 11.3 Å². The Bertz CT molecular complexity index is 557. The first-order valence-electron chi connectivity index (χ1n) is 5.91. The van der Waals surface area contributed by atoms with E-state index in [9.17, 15) is 4.79 Å². The molecule has 2 rings (SSSR count). The lowest BCUT2D eigenvalue weighted by atomic mass is 9.96. The summed E-state index contributed by atoms with van der Waals surface area (Å²) in [6, 6.07) is -0.349. The van der Waals surface area contributed by atoms with Crippen molar-refractivity contribution >= 4 is 17.2 Å². The zero-order valence-corrected chi connectivity index (χ0v) is 12.1. The Labute approximate surface area is 115 Å². The third kappa shape index (κ3) is 3.17. The molecule has 1 atom stereocenters. The van der Waals surface area contributed by atoms with Crippen LogP contribution in [0.1, 0.15) is 55.9 Å². The predicted octanol–water partition coefficient (Wildman–Crippen LogP) is 2.31. The number of rotatable bonds is 3. The van der Waals surface area contributed by atoms with E-state index in [4.69, 9.17) is 4.52 Å². The molecule has 0 aromatic carbocycles. The first-order valence-corrected chi connectivity index (χ1v) is 6.85. The number of aromatic nitrogens is 3. The maximum absolute atomic E-state index is 11.8. The highest BCUT2D eigenvalue weighted by molar-refractivity contribution is 7.07. The minimum absolute atomic E-state index is 0.180. The fourth-order valence-corrected chi connectivity index (χ4v) is 1.90. The van der Waals surface area contributed by atoms with Crippen molar-refractivity contribution in [3.8, 4) is 0 Å². The van der Waals surface area contributed by atoms with Gasteiger partial charge in [-0.05, 0) is 6.92 Å². The molecule has 2 heterocycles. The molecule has 0 spiro atoms. The van der Waals surface area contributed by atoms with E-state index in [0.29, 0.717) is 17.4 Å². The molecule has 0 bridgehead atoms. The second-order valence-corrected chi connectivity index (χ2v) is 5.99. The Kier molecular flexibility index (Phi) is 3.66. The minimum atomic E-state index is -0.349. The van der Waals surface area contributed by atoms with Gasteiger partial charge >= 0.3 is 0 Å². The molecule has 0 aliphatic carbocycles. The van der Waals surface area contributed by atoms with Gasteiger partial charge in [0.1, 0.15) is 11.7 Å². The molecule has 0 saturated heterocycles. The standard InChI is InChI=1S/C12H16N4O2S/c1-7(14-9(17)8-5-19-6-13-8)10-15-11(16-18-10)12(2,3)4/h5-7H,1-4H3,(H,14,17)/t7-/m1/s1. The molecular weight excluding hydrogens is 264 g/mol. The number of nitrogens with one attached hydrogen (secondary N) is 1. The van der Waals surface area contributed by atoms with Gasteiger partial charge in [0.25, 0.3) is 5.91 Å². The summed E-state index contributed by atoms with van der Waals surface area (Å²) < 4.78 is 5.18. The van der Waals surface area contributed by atoms with Crippen LogP contribution in [0.3, 0.4) is 0 Å². The Morgan fingerprint density at radius 3 is 2.74 bits per heavy atom. The monoisotopic (exact) mass is 280 g/mol. The zero-order chi connectivity index (χ0) is 14.0. The highest BCUT2D eigenvalue weighted by atomic mass is 32.1. The van der Waals surface area contributed by atoms with E-state index >= 15 is 0 Å². The lowest BCUT2D eigenvalue weighted by molar-refractivity contribution is 0.0928. The van der Waals surface area contributed by atoms with Crippen molar-refractivity contribution in [2.24, 2.45) is 0 Å². The van der Waals surface area contributed by atoms with Crippen molar-refractivity contribution in [1.29, 1.82) is 0 Å². The fraction of sp³-hybridized carbons (Fsp3) is 0.500. The molecule has 1 amide bonds. The average molecular weight is 280 g/mol. The highest BCUT2D eigenvalue weighted by Crippen LogP contribution is 2.20. The second kappa shape index (κ2) is 5.08. The van der Waals surface area contributed by atoms with Crippen LogP contribution in [-0.2, 0) is 5.41 Å². The Morgan fingerprint density at radius 2 is 2.21 bits per heavy atom. The molecule has 1 N–H and O–H groups in total. The van der Waals surface area contributed by atoms with Crippen LogP contribution in [0.15, 0.2) is 15.4 Å². The van der Waals surface area contributed by atoms with Crippen molar-refractivity contribution in [2.75, 3.05) is 0 Å². The lowest BCUT2D eigenvalue weighted by Gasteiger charge is -2.11. The second-order valence-electron chi connectivity index (χ2n) is 5.28. The summed E-state index contributed by atoms with van der Waals surface area (Å²) in [7, 11) is 0. The van der Waals surface area contributed by atoms with Crippen LogP contribution in [0.25, 0.3) is 0 Å². The van der Waals surface area contributed by atoms with Crippen LogP contribution in [-0.4, -0.2) is 21.0 Å². The van der Waals surface area contributed by atoms with Gasteiger partial charge in [0, 0.05) is 10.8 Å². The Hall–Kier alpha value is -1.76. The van der Waals surface area contributed by atoms with Crippen molar-refractivity contribution in [2.45, 2.75) is 39.2 Å². The summed E-state index contributed by atoms with van der Waals surface area (Å²) in [6.07, 6.45) is 0. The summed E-state index contributed by atoms with van der Waals surface area (Å²) in [6.45, 7) is 7.80. The molecule has 0 aliphatic rings. The van der Waals surface area contributed by atoms with Crippen molar-refractivity contribution in [3.63, 3.8) is 0 Å². The van der Waals surface area contributed by atoms with Crippen LogP contribution in [0.2, 0.25) is 0 Å². The Morgan fingerprint density at radius 1 is 1.47 bits per heavy atom. The van der Waals surface area contributed by atoms with Crippen molar-refractivity contribution in [1.82, 2.24) is 20.4 Å². The van der Waals surface area contributed by atoms with Crippen LogP contribution >= 0.6 is 11.3 Å². The third-order valence-corrected chi connectivity index (χ3v) is 3.08. The van der Waals surface area contributed by atoms with E-state index in [1.54, 1.807) is 17.8 Å². The normalized spacial score (nSPS) is 13.3. The van der Waals surface area contributed by atoms with Gasteiger partial charge in [0.05, 0.1) is 5.51 Å². The van der Waals surface area contributed by atoms with Crippen molar-refractivity contribution < 1.29 is 9.32 Å². The summed E-state index contributed by atoms with van der Waals surface area (Å²) in [5.41, 5.74) is 1.83. The largest absolute Gasteiger partial charge is 0.339 e. The van der Waals surface area contributed by atoms with Gasteiger partial charge in [0.15, 0.2) is 5.82 Å². The molecule has 0 saturated carbocycles. The molecule has 0 radical (unpaired) electrons. The summed E-state index contributed by atoms with van der Waals surface area (Å²) >= 11 is 1.37. The lowest BCUT2D eigenvalue weighted by Crippen LogP contribution is -2.27. The fourth-order valence-electron chi connectivity index (χ4n) is 1.37. The van der Waals surface area contributed by atoms with Crippen LogP contribution in [0.5, 0.6) is 0 Å². The predicted molar refractivity (Wildman–Crippen MR) is 71.0 cm³/mol. The summed E-state index contributed by atoms with van der Waals surface area (Å²) in [5, 5.41) is 8.39. The quantitative estimate of drug-likeness (QED) is 0.933. The Balaban J connectivity index is 2.06. The average Bonchev–Trinajstić information content (AvgIpc) is 3.00. The van der Waals surface area contributed by atoms with E-state index in [0.717, 1.165) is 0 Å². The number of thiazole rings is 1. The van der Waals surface area contributed by atoms with Gasteiger partial charge in [-0.2, -0.15) is 4.98 Å². The molecular formula is C12H16N4O2S. The van der Waals surface area contributed by atoms with Gasteiger partial charge in [0.2, 0.25) is 5.89 Å². The highest BCUT2D eigenvalue weighted by Gasteiger charge is 2.24. The SMILES string of the molecule is C[C@@H](NC(=O)c1cscn1)c1nc(C(C)(C)C)no1. The first-order chi connectivity index (χ1) is 8.88. The van der Waals surface area contributed by atoms with E-state index in [1.807, 2.05) is 20.8 Å². The van der Waals surface area contributed by atoms with E-state index < -0.39 is 0 Å². The zero-order valence-electron chi connectivity index (χ0n) is 11.3. The van der Waals surface area contributed by atoms with Crippen LogP contribution in [0.4, 0.5) is 0 Å². The topological polar surface area (TPSA) is 80.9 Å². The van der Waals surface area contributed by atoms with Gasteiger partial charge in [-0.1, -0.05) is 25.9 Å². The smallest absolute Gasteiger partial charge is 0.271 e. The molecule has 0 aliphatic heterocycles. The molecule has 2 aromatic heterocycles. The summed E-state index contributed by atoms with van der Waals surface area (Å²) in [5.74, 6) is 0.773. The summed E-state index contributed by atoms with van der Waals surface area (Å²) in [4.78, 5) is 20.1. The number of carbonyl (C=O) groups is 1. The van der Waals surface area contributed by atoms with Crippen LogP contribution in [0, 0.1) is 0 Å².